The van der Waals surface area contributed by atoms with Crippen LogP contribution in [0.3, 0.4) is 0 Å². The minimum atomic E-state index is 0.330. The maximum atomic E-state index is 11.8. The molecular weight excluding hydrogens is 202 g/mol. The van der Waals surface area contributed by atoms with Crippen molar-refractivity contribution in [3.63, 3.8) is 0 Å². The lowest BCUT2D eigenvalue weighted by Gasteiger charge is -2.25. The summed E-state index contributed by atoms with van der Waals surface area (Å²) in [7, 11) is 4.33. The van der Waals surface area contributed by atoms with Crippen LogP contribution in [0, 0.1) is 0 Å². The number of likely N-dealkylation sites (tertiary alicyclic amines) is 1. The van der Waals surface area contributed by atoms with E-state index in [-0.39, 0.29) is 0 Å². The van der Waals surface area contributed by atoms with Crippen LogP contribution in [-0.2, 0) is 4.79 Å². The van der Waals surface area contributed by atoms with E-state index in [4.69, 9.17) is 0 Å². The van der Waals surface area contributed by atoms with Crippen molar-refractivity contribution in [3.05, 3.63) is 0 Å². The Labute approximate surface area is 99.0 Å². The predicted octanol–water partition coefficient (Wildman–Crippen LogP) is -1.90. The Morgan fingerprint density at radius 3 is 2.56 bits per heavy atom. The number of piperidine rings is 1. The molecule has 0 aromatic rings. The Morgan fingerprint density at radius 1 is 1.25 bits per heavy atom. The zero-order chi connectivity index (χ0) is 11.8. The molecule has 1 aliphatic rings. The van der Waals surface area contributed by atoms with Crippen molar-refractivity contribution < 1.29 is 15.0 Å². The second-order valence-corrected chi connectivity index (χ2v) is 5.03. The molecule has 1 amide bonds. The van der Waals surface area contributed by atoms with Gasteiger partial charge in [-0.15, -0.1) is 0 Å². The zero-order valence-corrected chi connectivity index (χ0v) is 10.8. The normalized spacial score (nSPS) is 16.8. The van der Waals surface area contributed by atoms with Gasteiger partial charge < -0.3 is 15.1 Å². The summed E-state index contributed by atoms with van der Waals surface area (Å²) in [6, 6.07) is 0. The van der Waals surface area contributed by atoms with Crippen LogP contribution in [0.15, 0.2) is 0 Å². The fourth-order valence-corrected chi connectivity index (χ4v) is 2.10. The van der Waals surface area contributed by atoms with Gasteiger partial charge in [-0.1, -0.05) is 0 Å². The number of rotatable bonds is 6. The first-order valence-corrected chi connectivity index (χ1v) is 6.58. The maximum Gasteiger partial charge on any atom is 0.277 e. The van der Waals surface area contributed by atoms with Crippen LogP contribution in [0.25, 0.3) is 0 Å². The molecule has 4 nitrogen and oxygen atoms in total. The zero-order valence-electron chi connectivity index (χ0n) is 10.8. The standard InChI is InChI=1S/C12H25N3O/c1-14(2)8-6-7-13-11-12(16)15-9-4-3-5-10-15/h13H,3-11H2,1-2H3/p+2. The van der Waals surface area contributed by atoms with E-state index >= 15 is 0 Å². The topological polar surface area (TPSA) is 41.4 Å². The van der Waals surface area contributed by atoms with E-state index in [1.165, 1.54) is 37.1 Å². The molecule has 0 saturated carbocycles. The highest BCUT2D eigenvalue weighted by atomic mass is 16.2. The van der Waals surface area contributed by atoms with Crippen molar-refractivity contribution in [3.8, 4) is 0 Å². The van der Waals surface area contributed by atoms with E-state index in [1.807, 2.05) is 4.90 Å². The summed E-state index contributed by atoms with van der Waals surface area (Å²) in [6.45, 7) is 4.87. The van der Waals surface area contributed by atoms with Crippen LogP contribution < -0.4 is 10.2 Å². The molecule has 0 unspecified atom stereocenters. The summed E-state index contributed by atoms with van der Waals surface area (Å²) in [5.74, 6) is 0.330. The Kier molecular flexibility index (Phi) is 6.42. The Hall–Kier alpha value is -0.610. The fourth-order valence-electron chi connectivity index (χ4n) is 2.10. The Bertz CT molecular complexity index is 200. The van der Waals surface area contributed by atoms with Gasteiger partial charge in [0.15, 0.2) is 6.54 Å². The number of amides is 1. The Balaban J connectivity index is 2.01. The summed E-state index contributed by atoms with van der Waals surface area (Å²) in [5, 5.41) is 2.15. The van der Waals surface area contributed by atoms with Crippen molar-refractivity contribution >= 4 is 5.91 Å². The van der Waals surface area contributed by atoms with Gasteiger partial charge in [-0.25, -0.2) is 0 Å². The first-order valence-electron chi connectivity index (χ1n) is 6.58. The van der Waals surface area contributed by atoms with Gasteiger partial charge in [0.25, 0.3) is 5.91 Å². The van der Waals surface area contributed by atoms with E-state index < -0.39 is 0 Å². The van der Waals surface area contributed by atoms with Crippen LogP contribution in [-0.4, -0.2) is 57.6 Å². The summed E-state index contributed by atoms with van der Waals surface area (Å²) < 4.78 is 0. The van der Waals surface area contributed by atoms with E-state index in [1.54, 1.807) is 0 Å². The number of carbonyl (C=O) groups is 1. The van der Waals surface area contributed by atoms with Gasteiger partial charge in [0, 0.05) is 19.5 Å². The van der Waals surface area contributed by atoms with Gasteiger partial charge >= 0.3 is 0 Å². The summed E-state index contributed by atoms with van der Waals surface area (Å²) in [4.78, 5) is 15.3. The second kappa shape index (κ2) is 7.63. The molecule has 0 spiro atoms. The highest BCUT2D eigenvalue weighted by Gasteiger charge is 2.17. The first kappa shape index (κ1) is 13.5. The molecule has 94 valence electrons. The number of nitrogens with two attached hydrogens (primary N) is 1. The number of quaternary nitrogens is 2. The van der Waals surface area contributed by atoms with Gasteiger partial charge in [-0.3, -0.25) is 4.79 Å². The van der Waals surface area contributed by atoms with Gasteiger partial charge in [0.2, 0.25) is 0 Å². The van der Waals surface area contributed by atoms with Gasteiger partial charge in [-0.05, 0) is 19.3 Å². The van der Waals surface area contributed by atoms with Crippen molar-refractivity contribution in [2.75, 3.05) is 46.8 Å². The highest BCUT2D eigenvalue weighted by molar-refractivity contribution is 5.77. The molecule has 0 aromatic heterocycles. The molecule has 0 aliphatic carbocycles. The molecule has 1 rings (SSSR count). The third-order valence-electron chi connectivity index (χ3n) is 3.11. The molecule has 0 radical (unpaired) electrons. The van der Waals surface area contributed by atoms with E-state index in [0.717, 1.165) is 19.6 Å². The average Bonchev–Trinajstić information content (AvgIpc) is 2.29. The molecule has 1 saturated heterocycles. The number of hydrogen-bond acceptors (Lipinski definition) is 1. The number of hydrogen-bond donors (Lipinski definition) is 2. The molecule has 3 N–H and O–H groups in total. The average molecular weight is 229 g/mol. The largest absolute Gasteiger partial charge is 0.340 e. The molecule has 16 heavy (non-hydrogen) atoms. The molecule has 1 fully saturated rings. The summed E-state index contributed by atoms with van der Waals surface area (Å²) in [6.07, 6.45) is 4.86. The molecule has 1 aliphatic heterocycles. The smallest absolute Gasteiger partial charge is 0.277 e. The van der Waals surface area contributed by atoms with Gasteiger partial charge in [0.1, 0.15) is 0 Å². The molecule has 0 aromatic carbocycles. The highest BCUT2D eigenvalue weighted by Crippen LogP contribution is 2.07. The second-order valence-electron chi connectivity index (χ2n) is 5.03. The molecule has 0 atom stereocenters. The summed E-state index contributed by atoms with van der Waals surface area (Å²) in [5.41, 5.74) is 0. The lowest BCUT2D eigenvalue weighted by Crippen LogP contribution is -3.06. The van der Waals surface area contributed by atoms with Crippen LogP contribution >= 0.6 is 0 Å². The lowest BCUT2D eigenvalue weighted by atomic mass is 10.1. The van der Waals surface area contributed by atoms with Gasteiger partial charge in [0.05, 0.1) is 27.2 Å². The van der Waals surface area contributed by atoms with Crippen LogP contribution in [0.1, 0.15) is 25.7 Å². The van der Waals surface area contributed by atoms with E-state index in [2.05, 4.69) is 19.4 Å². The van der Waals surface area contributed by atoms with Crippen molar-refractivity contribution in [2.45, 2.75) is 25.7 Å². The maximum absolute atomic E-state index is 11.8. The first-order chi connectivity index (χ1) is 7.70. The van der Waals surface area contributed by atoms with Crippen LogP contribution in [0.5, 0.6) is 0 Å². The number of carbonyl (C=O) groups excluding carboxylic acids is 1. The minimum Gasteiger partial charge on any atom is -0.340 e. The molecule has 1 heterocycles. The number of nitrogens with zero attached hydrogens (tertiary/aromatic N) is 1. The van der Waals surface area contributed by atoms with E-state index in [0.29, 0.717) is 12.5 Å². The van der Waals surface area contributed by atoms with E-state index in [9.17, 15) is 4.79 Å². The fraction of sp³-hybridized carbons (Fsp3) is 0.917. The van der Waals surface area contributed by atoms with Crippen LogP contribution in [0.4, 0.5) is 0 Å². The quantitative estimate of drug-likeness (QED) is 0.513. The molecular formula is C12H27N3O+2. The van der Waals surface area contributed by atoms with Crippen LogP contribution in [0.2, 0.25) is 0 Å². The number of nitrogens with one attached hydrogen (secondary N) is 1. The molecule has 0 bridgehead atoms. The van der Waals surface area contributed by atoms with Crippen molar-refractivity contribution in [1.29, 1.82) is 0 Å². The van der Waals surface area contributed by atoms with Crippen molar-refractivity contribution in [2.24, 2.45) is 0 Å². The SMILES string of the molecule is C[NH+](C)CCC[NH2+]CC(=O)N1CCCCC1. The third kappa shape index (κ3) is 5.47. The lowest BCUT2D eigenvalue weighted by molar-refractivity contribution is -0.860. The predicted molar refractivity (Wildman–Crippen MR) is 64.4 cm³/mol. The van der Waals surface area contributed by atoms with Crippen molar-refractivity contribution in [1.82, 2.24) is 4.90 Å². The monoisotopic (exact) mass is 229 g/mol. The third-order valence-corrected chi connectivity index (χ3v) is 3.11. The summed E-state index contributed by atoms with van der Waals surface area (Å²) >= 11 is 0. The minimum absolute atomic E-state index is 0.330. The molecule has 4 heteroatoms. The van der Waals surface area contributed by atoms with Gasteiger partial charge in [-0.2, -0.15) is 0 Å². The Morgan fingerprint density at radius 2 is 1.94 bits per heavy atom.